The van der Waals surface area contributed by atoms with Crippen LogP contribution in [0.4, 0.5) is 13.2 Å². The molecule has 0 bridgehead atoms. The Morgan fingerprint density at radius 1 is 1.00 bits per heavy atom. The van der Waals surface area contributed by atoms with E-state index in [-0.39, 0.29) is 30.3 Å². The zero-order valence-corrected chi connectivity index (χ0v) is 20.4. The Balaban J connectivity index is 2.78. The molecule has 1 aliphatic heterocycles. The summed E-state index contributed by atoms with van der Waals surface area (Å²) in [6.45, 7) is 2.56. The Labute approximate surface area is 200 Å². The van der Waals surface area contributed by atoms with Gasteiger partial charge in [-0.15, -0.1) is 0 Å². The molecule has 1 unspecified atom stereocenters. The van der Waals surface area contributed by atoms with Gasteiger partial charge >= 0.3 is 200 Å². The molecule has 0 N–H and O–H groups in total. The van der Waals surface area contributed by atoms with Gasteiger partial charge in [-0.05, 0) is 0 Å². The zero-order valence-electron chi connectivity index (χ0n) is 18.7. The molecule has 0 aliphatic carbocycles. The molecule has 1 aromatic carbocycles. The molecule has 1 aromatic rings. The summed E-state index contributed by atoms with van der Waals surface area (Å²) in [7, 11) is 0. The molecule has 8 nitrogen and oxygen atoms in total. The van der Waals surface area contributed by atoms with Crippen molar-refractivity contribution < 1.29 is 46.6 Å². The van der Waals surface area contributed by atoms with Gasteiger partial charge in [-0.1, -0.05) is 0 Å². The van der Waals surface area contributed by atoms with Gasteiger partial charge in [-0.2, -0.15) is 0 Å². The van der Waals surface area contributed by atoms with Crippen molar-refractivity contribution in [1.29, 1.82) is 0 Å². The van der Waals surface area contributed by atoms with Gasteiger partial charge in [-0.3, -0.25) is 0 Å². The number of rotatable bonds is 8. The normalized spacial score (nSPS) is 18.5. The predicted molar refractivity (Wildman–Crippen MR) is 114 cm³/mol. The Kier molecular flexibility index (Phi) is 9.28. The molecule has 12 heteroatoms. The molecule has 1 fully saturated rings. The molecule has 1 atom stereocenters. The van der Waals surface area contributed by atoms with Crippen LogP contribution in [0.2, 0.25) is 0 Å². The van der Waals surface area contributed by atoms with E-state index in [1.165, 1.54) is 25.7 Å². The predicted octanol–water partition coefficient (Wildman–Crippen LogP) is 1.35. The average Bonchev–Trinajstić information content (AvgIpc) is 3.13. The monoisotopic (exact) mass is 551 g/mol. The molecule has 0 radical (unpaired) electrons. The van der Waals surface area contributed by atoms with Crippen molar-refractivity contribution in [2.45, 2.75) is 32.5 Å². The Bertz CT molecular complexity index is 932. The third kappa shape index (κ3) is 5.44. The quantitative estimate of drug-likeness (QED) is 0.209. The summed E-state index contributed by atoms with van der Waals surface area (Å²) in [6, 6.07) is 8.84. The average molecular weight is 550 g/mol. The fourth-order valence-electron chi connectivity index (χ4n) is 3.52. The summed E-state index contributed by atoms with van der Waals surface area (Å²) >= 11 is -0.506. The van der Waals surface area contributed by atoms with Gasteiger partial charge in [0, 0.05) is 0 Å². The van der Waals surface area contributed by atoms with E-state index in [9.17, 15) is 32.3 Å². The fraction of sp³-hybridized carbons (Fsp3) is 0.455. The van der Waals surface area contributed by atoms with Gasteiger partial charge in [0.25, 0.3) is 0 Å². The van der Waals surface area contributed by atoms with Crippen molar-refractivity contribution in [2.75, 3.05) is 26.4 Å². The van der Waals surface area contributed by atoms with Gasteiger partial charge in [0.05, 0.1) is 0 Å². The molecule has 1 aliphatic rings. The van der Waals surface area contributed by atoms with Crippen molar-refractivity contribution in [3.8, 4) is 0 Å². The number of benzene rings is 1. The SMILES string of the molecule is CCOC(=O)C1/C(=C/[Se]c2ccccc2)CN(C(=O)C(F)(F)F)C1(C(=O)OCC)C(=O)OCC. The van der Waals surface area contributed by atoms with E-state index in [2.05, 4.69) is 0 Å². The van der Waals surface area contributed by atoms with E-state index in [4.69, 9.17) is 14.2 Å². The maximum atomic E-state index is 13.6. The number of hydrogen-bond acceptors (Lipinski definition) is 7. The Morgan fingerprint density at radius 2 is 1.53 bits per heavy atom. The van der Waals surface area contributed by atoms with Crippen molar-refractivity contribution in [2.24, 2.45) is 5.92 Å². The first kappa shape index (κ1) is 27.4. The van der Waals surface area contributed by atoms with Crippen LogP contribution in [0.15, 0.2) is 40.9 Å². The van der Waals surface area contributed by atoms with E-state index in [1.54, 1.807) is 30.3 Å². The van der Waals surface area contributed by atoms with Crippen LogP contribution in [-0.4, -0.2) is 81.8 Å². The summed E-state index contributed by atoms with van der Waals surface area (Å²) in [5, 5.41) is 0. The topological polar surface area (TPSA) is 99.2 Å². The maximum absolute atomic E-state index is 13.6. The van der Waals surface area contributed by atoms with Gasteiger partial charge < -0.3 is 0 Å². The second kappa shape index (κ2) is 11.5. The molecular formula is C22H24F3NO7Se. The molecule has 0 aromatic heterocycles. The summed E-state index contributed by atoms with van der Waals surface area (Å²) in [5.74, 6) is -8.49. The number of likely N-dealkylation sites (tertiary alicyclic amines) is 1. The second-order valence-corrected chi connectivity index (χ2v) is 8.88. The van der Waals surface area contributed by atoms with Crippen LogP contribution >= 0.6 is 0 Å². The molecule has 0 saturated carbocycles. The fourth-order valence-corrected chi connectivity index (χ4v) is 5.23. The number of hydrogen-bond donors (Lipinski definition) is 0. The summed E-state index contributed by atoms with van der Waals surface area (Å²) in [4.78, 5) is 53.3. The van der Waals surface area contributed by atoms with E-state index in [1.807, 2.05) is 0 Å². The Hall–Kier alpha value is -2.85. The summed E-state index contributed by atoms with van der Waals surface area (Å²) in [6.07, 6.45) is -5.44. The van der Waals surface area contributed by atoms with Gasteiger partial charge in [0.1, 0.15) is 0 Å². The Morgan fingerprint density at radius 3 is 2.00 bits per heavy atom. The standard InChI is InChI=1S/C22H24F3NO7Se/c1-4-31-17(27)16-14(13-34-15-10-8-7-9-11-15)12-26(18(28)22(23,24)25)21(16,19(29)32-5-2)20(30)33-6-3/h7-11,13,16H,4-6,12H2,1-3H3/b14-13+. The van der Waals surface area contributed by atoms with Crippen LogP contribution in [0.5, 0.6) is 0 Å². The minimum atomic E-state index is -5.44. The van der Waals surface area contributed by atoms with Crippen LogP contribution in [-0.2, 0) is 33.4 Å². The number of carbonyl (C=O) groups excluding carboxylic acids is 4. The molecule has 34 heavy (non-hydrogen) atoms. The van der Waals surface area contributed by atoms with Gasteiger partial charge in [0.15, 0.2) is 0 Å². The van der Waals surface area contributed by atoms with Crippen molar-refractivity contribution >= 4 is 43.2 Å². The first-order chi connectivity index (χ1) is 16.0. The zero-order chi connectivity index (χ0) is 25.5. The number of esters is 3. The second-order valence-electron chi connectivity index (χ2n) is 6.91. The van der Waals surface area contributed by atoms with Crippen molar-refractivity contribution in [3.05, 3.63) is 40.9 Å². The van der Waals surface area contributed by atoms with E-state index >= 15 is 0 Å². The molecule has 1 saturated heterocycles. The van der Waals surface area contributed by atoms with Crippen LogP contribution in [0, 0.1) is 5.92 Å². The summed E-state index contributed by atoms with van der Waals surface area (Å²) in [5.41, 5.74) is -3.07. The number of amides is 1. The molecule has 1 heterocycles. The van der Waals surface area contributed by atoms with E-state index < -0.39 is 62.9 Å². The number of nitrogens with zero attached hydrogens (tertiary/aromatic N) is 1. The van der Waals surface area contributed by atoms with E-state index in [0.717, 1.165) is 4.46 Å². The van der Waals surface area contributed by atoms with Crippen molar-refractivity contribution in [3.63, 3.8) is 0 Å². The number of halogens is 3. The first-order valence-corrected chi connectivity index (χ1v) is 12.2. The molecule has 1 amide bonds. The first-order valence-electron chi connectivity index (χ1n) is 10.4. The van der Waals surface area contributed by atoms with Gasteiger partial charge in [0.2, 0.25) is 0 Å². The molecule has 186 valence electrons. The third-order valence-electron chi connectivity index (χ3n) is 4.83. The van der Waals surface area contributed by atoms with E-state index in [0.29, 0.717) is 0 Å². The number of carbonyl (C=O) groups is 4. The van der Waals surface area contributed by atoms with Crippen LogP contribution in [0.25, 0.3) is 0 Å². The number of alkyl halides is 3. The number of ether oxygens (including phenoxy) is 3. The minimum absolute atomic E-state index is 0.0253. The molecule has 0 spiro atoms. The third-order valence-corrected chi connectivity index (χ3v) is 6.85. The van der Waals surface area contributed by atoms with Crippen LogP contribution in [0.1, 0.15) is 20.8 Å². The van der Waals surface area contributed by atoms with Crippen LogP contribution in [0.3, 0.4) is 0 Å². The van der Waals surface area contributed by atoms with Gasteiger partial charge in [-0.25, -0.2) is 0 Å². The molecule has 2 rings (SSSR count). The molecular weight excluding hydrogens is 526 g/mol. The summed E-state index contributed by atoms with van der Waals surface area (Å²) < 4.78 is 56.4. The van der Waals surface area contributed by atoms with Crippen LogP contribution < -0.4 is 4.46 Å². The van der Waals surface area contributed by atoms with Crippen molar-refractivity contribution in [1.82, 2.24) is 4.90 Å².